The van der Waals surface area contributed by atoms with Crippen LogP contribution in [0.2, 0.25) is 0 Å². The molecular weight excluding hydrogens is 368 g/mol. The molecule has 1 saturated heterocycles. The first kappa shape index (κ1) is 20.9. The van der Waals surface area contributed by atoms with Gasteiger partial charge in [-0.25, -0.2) is 0 Å². The molecule has 2 aromatic carbocycles. The lowest BCUT2D eigenvalue weighted by Gasteiger charge is -2.28. The number of piperidine rings is 1. The Morgan fingerprint density at radius 2 is 1.90 bits per heavy atom. The zero-order chi connectivity index (χ0) is 20.9. The summed E-state index contributed by atoms with van der Waals surface area (Å²) in [6.07, 6.45) is 9.78. The second-order valence-electron chi connectivity index (χ2n) is 8.96. The largest absolute Gasteiger partial charge is 0.361 e. The number of carbonyl (C=O) groups excluding carboxylic acids is 1. The van der Waals surface area contributed by atoms with Crippen LogP contribution in [0.4, 0.5) is 0 Å². The number of benzene rings is 2. The zero-order valence-electron chi connectivity index (χ0n) is 18.4. The molecule has 1 N–H and O–H groups in total. The van der Waals surface area contributed by atoms with Gasteiger partial charge in [0.2, 0.25) is 0 Å². The van der Waals surface area contributed by atoms with Crippen molar-refractivity contribution in [3.8, 4) is 0 Å². The molecule has 4 rings (SSSR count). The number of aryl methyl sites for hydroxylation is 1. The highest BCUT2D eigenvalue weighted by molar-refractivity contribution is 5.98. The fourth-order valence-corrected chi connectivity index (χ4v) is 4.72. The second-order valence-corrected chi connectivity index (χ2v) is 8.96. The molecule has 0 saturated carbocycles. The maximum absolute atomic E-state index is 13.0. The van der Waals surface area contributed by atoms with Crippen molar-refractivity contribution in [1.82, 2.24) is 9.88 Å². The van der Waals surface area contributed by atoms with Crippen LogP contribution in [0.5, 0.6) is 0 Å². The minimum atomic E-state index is 0.211. The Kier molecular flexibility index (Phi) is 6.69. The van der Waals surface area contributed by atoms with E-state index in [4.69, 9.17) is 0 Å². The third-order valence-electron chi connectivity index (χ3n) is 6.62. The van der Waals surface area contributed by atoms with E-state index in [0.29, 0.717) is 12.3 Å². The quantitative estimate of drug-likeness (QED) is 0.363. The molecule has 0 unspecified atom stereocenters. The highest BCUT2D eigenvalue weighted by Gasteiger charge is 2.21. The fourth-order valence-electron chi connectivity index (χ4n) is 4.72. The number of rotatable bonds is 8. The third kappa shape index (κ3) is 4.84. The van der Waals surface area contributed by atoms with Gasteiger partial charge >= 0.3 is 0 Å². The molecule has 30 heavy (non-hydrogen) atoms. The Balaban J connectivity index is 1.49. The molecule has 158 valence electrons. The average molecular weight is 403 g/mol. The van der Waals surface area contributed by atoms with Gasteiger partial charge in [-0.05, 0) is 86.6 Å². The Morgan fingerprint density at radius 3 is 2.70 bits per heavy atom. The lowest BCUT2D eigenvalue weighted by atomic mass is 9.89. The number of unbranched alkanes of at least 4 members (excludes halogenated alkanes) is 2. The number of hydrogen-bond acceptors (Lipinski definition) is 2. The van der Waals surface area contributed by atoms with Crippen LogP contribution in [0.1, 0.15) is 72.0 Å². The average Bonchev–Trinajstić information content (AvgIpc) is 3.18. The SMILES string of the molecule is CCCCCc1cccc(C(=O)Cc2ccc3[nH]cc(C4CCN(C)CC4)c3c2)c1. The number of fused-ring (bicyclic) bond motifs is 1. The van der Waals surface area contributed by atoms with Crippen molar-refractivity contribution >= 4 is 16.7 Å². The lowest BCUT2D eigenvalue weighted by Crippen LogP contribution is -2.29. The number of nitrogens with zero attached hydrogens (tertiary/aromatic N) is 1. The number of ketones is 1. The third-order valence-corrected chi connectivity index (χ3v) is 6.62. The van der Waals surface area contributed by atoms with Gasteiger partial charge in [0, 0.05) is 29.1 Å². The summed E-state index contributed by atoms with van der Waals surface area (Å²) < 4.78 is 0. The summed E-state index contributed by atoms with van der Waals surface area (Å²) in [5.74, 6) is 0.823. The predicted octanol–water partition coefficient (Wildman–Crippen LogP) is 6.14. The van der Waals surface area contributed by atoms with Crippen molar-refractivity contribution in [2.75, 3.05) is 20.1 Å². The topological polar surface area (TPSA) is 36.1 Å². The maximum atomic E-state index is 13.0. The molecule has 3 aromatic rings. The summed E-state index contributed by atoms with van der Waals surface area (Å²) in [4.78, 5) is 18.8. The van der Waals surface area contributed by atoms with E-state index in [9.17, 15) is 4.79 Å². The van der Waals surface area contributed by atoms with E-state index >= 15 is 0 Å². The molecule has 0 bridgehead atoms. The van der Waals surface area contributed by atoms with Crippen molar-refractivity contribution in [2.24, 2.45) is 0 Å². The maximum Gasteiger partial charge on any atom is 0.167 e. The van der Waals surface area contributed by atoms with Gasteiger partial charge < -0.3 is 9.88 Å². The number of nitrogens with one attached hydrogen (secondary N) is 1. The summed E-state index contributed by atoms with van der Waals surface area (Å²) in [6, 6.07) is 14.7. The van der Waals surface area contributed by atoms with Crippen LogP contribution < -0.4 is 0 Å². The molecule has 3 heteroatoms. The molecular formula is C27H34N2O. The van der Waals surface area contributed by atoms with E-state index in [0.717, 1.165) is 30.6 Å². The van der Waals surface area contributed by atoms with E-state index < -0.39 is 0 Å². The number of H-pyrrole nitrogens is 1. The molecule has 0 atom stereocenters. The molecule has 0 aliphatic carbocycles. The Bertz CT molecular complexity index is 995. The number of likely N-dealkylation sites (tertiary alicyclic amines) is 1. The van der Waals surface area contributed by atoms with Crippen LogP contribution in [-0.2, 0) is 12.8 Å². The summed E-state index contributed by atoms with van der Waals surface area (Å²) in [7, 11) is 2.20. The van der Waals surface area contributed by atoms with E-state index in [1.807, 2.05) is 12.1 Å². The Hall–Kier alpha value is -2.39. The number of Topliss-reactive ketones (excluding diaryl/α,β-unsaturated/α-hetero) is 1. The van der Waals surface area contributed by atoms with Gasteiger partial charge in [-0.15, -0.1) is 0 Å². The van der Waals surface area contributed by atoms with Crippen LogP contribution in [0, 0.1) is 0 Å². The van der Waals surface area contributed by atoms with Crippen molar-refractivity contribution in [3.63, 3.8) is 0 Å². The van der Waals surface area contributed by atoms with E-state index in [-0.39, 0.29) is 5.78 Å². The Morgan fingerprint density at radius 1 is 1.07 bits per heavy atom. The first-order valence-electron chi connectivity index (χ1n) is 11.5. The van der Waals surface area contributed by atoms with Crippen molar-refractivity contribution in [2.45, 2.75) is 57.8 Å². The van der Waals surface area contributed by atoms with Crippen molar-refractivity contribution in [1.29, 1.82) is 0 Å². The molecule has 0 spiro atoms. The second kappa shape index (κ2) is 9.61. The minimum Gasteiger partial charge on any atom is -0.361 e. The molecule has 1 aromatic heterocycles. The number of aromatic amines is 1. The van der Waals surface area contributed by atoms with Gasteiger partial charge in [0.15, 0.2) is 5.78 Å². The molecule has 0 amide bonds. The highest BCUT2D eigenvalue weighted by Crippen LogP contribution is 2.33. The zero-order valence-corrected chi connectivity index (χ0v) is 18.4. The van der Waals surface area contributed by atoms with Crippen LogP contribution in [0.25, 0.3) is 10.9 Å². The number of carbonyl (C=O) groups is 1. The van der Waals surface area contributed by atoms with Gasteiger partial charge in [-0.2, -0.15) is 0 Å². The number of hydrogen-bond donors (Lipinski definition) is 1. The van der Waals surface area contributed by atoms with Gasteiger partial charge in [-0.3, -0.25) is 4.79 Å². The van der Waals surface area contributed by atoms with Gasteiger partial charge in [-0.1, -0.05) is 44.0 Å². The van der Waals surface area contributed by atoms with Crippen LogP contribution in [0.15, 0.2) is 48.7 Å². The van der Waals surface area contributed by atoms with Crippen LogP contribution in [0.3, 0.4) is 0 Å². The normalized spacial score (nSPS) is 15.7. The molecule has 3 nitrogen and oxygen atoms in total. The van der Waals surface area contributed by atoms with Gasteiger partial charge in [0.1, 0.15) is 0 Å². The molecule has 0 radical (unpaired) electrons. The molecule has 1 aliphatic heterocycles. The van der Waals surface area contributed by atoms with Crippen LogP contribution in [-0.4, -0.2) is 35.8 Å². The van der Waals surface area contributed by atoms with Crippen molar-refractivity contribution < 1.29 is 4.79 Å². The van der Waals surface area contributed by atoms with Crippen LogP contribution >= 0.6 is 0 Å². The molecule has 2 heterocycles. The Labute approximate surface area is 180 Å². The standard InChI is InChI=1S/C27H34N2O/c1-3-4-5-7-20-8-6-9-23(16-20)27(30)18-21-10-11-26-24(17-21)25(19-28-26)22-12-14-29(2)15-13-22/h6,8-11,16-17,19,22,28H,3-5,7,12-15,18H2,1-2H3. The first-order chi connectivity index (χ1) is 14.6. The minimum absolute atomic E-state index is 0.211. The summed E-state index contributed by atoms with van der Waals surface area (Å²) >= 11 is 0. The number of aromatic nitrogens is 1. The van der Waals surface area contributed by atoms with E-state index in [1.165, 1.54) is 54.1 Å². The fraction of sp³-hybridized carbons (Fsp3) is 0.444. The molecule has 1 aliphatic rings. The summed E-state index contributed by atoms with van der Waals surface area (Å²) in [6.45, 7) is 4.54. The smallest absolute Gasteiger partial charge is 0.167 e. The van der Waals surface area contributed by atoms with Gasteiger partial charge in [0.05, 0.1) is 0 Å². The summed E-state index contributed by atoms with van der Waals surface area (Å²) in [5, 5.41) is 1.29. The first-order valence-corrected chi connectivity index (χ1v) is 11.5. The van der Waals surface area contributed by atoms with E-state index in [2.05, 4.69) is 60.4 Å². The monoisotopic (exact) mass is 402 g/mol. The lowest BCUT2D eigenvalue weighted by molar-refractivity contribution is 0.0993. The predicted molar refractivity (Wildman–Crippen MR) is 125 cm³/mol. The van der Waals surface area contributed by atoms with Gasteiger partial charge in [0.25, 0.3) is 0 Å². The highest BCUT2D eigenvalue weighted by atomic mass is 16.1. The van der Waals surface area contributed by atoms with Crippen molar-refractivity contribution in [3.05, 3.63) is 70.9 Å². The van der Waals surface area contributed by atoms with E-state index in [1.54, 1.807) is 0 Å². The summed E-state index contributed by atoms with van der Waals surface area (Å²) in [5.41, 5.74) is 5.83. The molecule has 1 fully saturated rings.